The Morgan fingerprint density at radius 1 is 1.55 bits per heavy atom. The van der Waals surface area contributed by atoms with E-state index in [1.807, 2.05) is 6.92 Å². The summed E-state index contributed by atoms with van der Waals surface area (Å²) < 4.78 is 31.2. The molecule has 0 saturated heterocycles. The Balaban J connectivity index is 2.93. The highest BCUT2D eigenvalue weighted by molar-refractivity contribution is 7.89. The van der Waals surface area contributed by atoms with Gasteiger partial charge in [-0.2, -0.15) is 4.31 Å². The van der Waals surface area contributed by atoms with Crippen molar-refractivity contribution in [2.75, 3.05) is 26.8 Å². The SMILES string of the molecule is CCc1ncc(S(=O)(=O)N(CCOC)CCC(N)=S)[nH]1. The number of aryl methyl sites for hydroxylation is 1. The Labute approximate surface area is 124 Å². The first-order chi connectivity index (χ1) is 9.41. The number of ether oxygens (including phenoxy) is 1. The number of hydrogen-bond acceptors (Lipinski definition) is 5. The van der Waals surface area contributed by atoms with Gasteiger partial charge in [-0.1, -0.05) is 19.1 Å². The van der Waals surface area contributed by atoms with Gasteiger partial charge in [0.25, 0.3) is 10.0 Å². The average Bonchev–Trinajstić information content (AvgIpc) is 2.87. The van der Waals surface area contributed by atoms with E-state index in [-0.39, 0.29) is 23.1 Å². The molecule has 0 saturated carbocycles. The summed E-state index contributed by atoms with van der Waals surface area (Å²) in [5.41, 5.74) is 5.44. The number of thiocarbonyl (C=S) groups is 1. The van der Waals surface area contributed by atoms with Crippen LogP contribution in [0.4, 0.5) is 0 Å². The maximum atomic E-state index is 12.5. The molecule has 0 radical (unpaired) electrons. The van der Waals surface area contributed by atoms with Crippen molar-refractivity contribution in [3.8, 4) is 0 Å². The lowest BCUT2D eigenvalue weighted by molar-refractivity contribution is 0.179. The maximum Gasteiger partial charge on any atom is 0.260 e. The molecule has 20 heavy (non-hydrogen) atoms. The van der Waals surface area contributed by atoms with E-state index in [9.17, 15) is 8.42 Å². The van der Waals surface area contributed by atoms with E-state index in [0.29, 0.717) is 25.3 Å². The maximum absolute atomic E-state index is 12.5. The van der Waals surface area contributed by atoms with Crippen LogP contribution in [0.3, 0.4) is 0 Å². The zero-order valence-electron chi connectivity index (χ0n) is 11.6. The van der Waals surface area contributed by atoms with Gasteiger partial charge in [-0.25, -0.2) is 13.4 Å². The van der Waals surface area contributed by atoms with E-state index >= 15 is 0 Å². The number of methoxy groups -OCH3 is 1. The van der Waals surface area contributed by atoms with Crippen LogP contribution in [0.2, 0.25) is 0 Å². The van der Waals surface area contributed by atoms with Gasteiger partial charge in [0.05, 0.1) is 17.8 Å². The normalized spacial score (nSPS) is 11.9. The Morgan fingerprint density at radius 3 is 2.75 bits per heavy atom. The van der Waals surface area contributed by atoms with Crippen molar-refractivity contribution in [3.05, 3.63) is 12.0 Å². The Bertz CT molecular complexity index is 542. The van der Waals surface area contributed by atoms with E-state index in [1.165, 1.54) is 17.6 Å². The number of imidazole rings is 1. The minimum absolute atomic E-state index is 0.0772. The summed E-state index contributed by atoms with van der Waals surface area (Å²) in [6, 6.07) is 0. The van der Waals surface area contributed by atoms with Gasteiger partial charge in [-0.3, -0.25) is 0 Å². The lowest BCUT2D eigenvalue weighted by Crippen LogP contribution is -2.36. The molecule has 0 fully saturated rings. The van der Waals surface area contributed by atoms with Crippen molar-refractivity contribution in [1.29, 1.82) is 0 Å². The van der Waals surface area contributed by atoms with Crippen LogP contribution in [-0.2, 0) is 21.2 Å². The summed E-state index contributed by atoms with van der Waals surface area (Å²) in [5.74, 6) is 0.629. The third-order valence-electron chi connectivity index (χ3n) is 2.71. The topological polar surface area (TPSA) is 101 Å². The number of H-pyrrole nitrogens is 1. The van der Waals surface area contributed by atoms with Gasteiger partial charge in [0, 0.05) is 33.0 Å². The Morgan fingerprint density at radius 2 is 2.25 bits per heavy atom. The van der Waals surface area contributed by atoms with Crippen molar-refractivity contribution >= 4 is 27.2 Å². The van der Waals surface area contributed by atoms with Gasteiger partial charge < -0.3 is 15.5 Å². The van der Waals surface area contributed by atoms with Crippen molar-refractivity contribution in [3.63, 3.8) is 0 Å². The molecule has 0 atom stereocenters. The Hall–Kier alpha value is -1.03. The third kappa shape index (κ3) is 4.51. The van der Waals surface area contributed by atoms with Crippen LogP contribution in [0.1, 0.15) is 19.2 Å². The smallest absolute Gasteiger partial charge is 0.260 e. The van der Waals surface area contributed by atoms with E-state index in [1.54, 1.807) is 0 Å². The molecule has 1 rings (SSSR count). The lowest BCUT2D eigenvalue weighted by atomic mass is 10.4. The van der Waals surface area contributed by atoms with Crippen LogP contribution in [0, 0.1) is 0 Å². The molecule has 0 unspecified atom stereocenters. The van der Waals surface area contributed by atoms with Gasteiger partial charge in [0.15, 0.2) is 5.03 Å². The van der Waals surface area contributed by atoms with Crippen molar-refractivity contribution < 1.29 is 13.2 Å². The molecule has 0 bridgehead atoms. The number of nitrogens with one attached hydrogen (secondary N) is 1. The standard InChI is InChI=1S/C11H20N4O3S2/c1-3-10-13-8-11(14-10)20(16,17)15(6-7-18-2)5-4-9(12)19/h8H,3-7H2,1-2H3,(H2,12,19)(H,13,14). The molecule has 1 aromatic heterocycles. The zero-order chi connectivity index (χ0) is 15.2. The van der Waals surface area contributed by atoms with E-state index in [0.717, 1.165) is 0 Å². The molecule has 114 valence electrons. The molecule has 0 aliphatic rings. The Kier molecular flexibility index (Phi) is 6.53. The molecule has 3 N–H and O–H groups in total. The molecular weight excluding hydrogens is 300 g/mol. The predicted molar refractivity (Wildman–Crippen MR) is 80.0 cm³/mol. The van der Waals surface area contributed by atoms with Gasteiger partial charge in [0.1, 0.15) is 5.82 Å². The molecule has 0 spiro atoms. The molecule has 0 amide bonds. The van der Waals surface area contributed by atoms with Gasteiger partial charge in [0.2, 0.25) is 0 Å². The molecule has 1 aromatic rings. The monoisotopic (exact) mass is 320 g/mol. The molecule has 0 aliphatic carbocycles. The average molecular weight is 320 g/mol. The molecule has 0 aliphatic heterocycles. The highest BCUT2D eigenvalue weighted by Gasteiger charge is 2.26. The first-order valence-electron chi connectivity index (χ1n) is 6.23. The number of aromatic amines is 1. The van der Waals surface area contributed by atoms with Gasteiger partial charge >= 0.3 is 0 Å². The largest absolute Gasteiger partial charge is 0.393 e. The minimum Gasteiger partial charge on any atom is -0.393 e. The third-order valence-corrected chi connectivity index (χ3v) is 4.72. The van der Waals surface area contributed by atoms with Gasteiger partial charge in [-0.15, -0.1) is 0 Å². The summed E-state index contributed by atoms with van der Waals surface area (Å²) >= 11 is 4.79. The predicted octanol–water partition coefficient (Wildman–Crippen LogP) is 0.285. The van der Waals surface area contributed by atoms with Crippen molar-refractivity contribution in [2.24, 2.45) is 5.73 Å². The number of rotatable bonds is 9. The highest BCUT2D eigenvalue weighted by atomic mass is 32.2. The van der Waals surface area contributed by atoms with Crippen LogP contribution < -0.4 is 5.73 Å². The van der Waals surface area contributed by atoms with Crippen molar-refractivity contribution in [2.45, 2.75) is 24.8 Å². The number of aromatic nitrogens is 2. The number of hydrogen-bond donors (Lipinski definition) is 2. The van der Waals surface area contributed by atoms with E-state index in [2.05, 4.69) is 9.97 Å². The van der Waals surface area contributed by atoms with Crippen LogP contribution in [0.15, 0.2) is 11.2 Å². The second kappa shape index (κ2) is 7.67. The molecule has 9 heteroatoms. The lowest BCUT2D eigenvalue weighted by Gasteiger charge is -2.20. The highest BCUT2D eigenvalue weighted by Crippen LogP contribution is 2.14. The summed E-state index contributed by atoms with van der Waals surface area (Å²) in [4.78, 5) is 7.10. The van der Waals surface area contributed by atoms with Crippen LogP contribution in [0.5, 0.6) is 0 Å². The molecule has 1 heterocycles. The van der Waals surface area contributed by atoms with Gasteiger partial charge in [-0.05, 0) is 0 Å². The van der Waals surface area contributed by atoms with E-state index in [4.69, 9.17) is 22.7 Å². The fraction of sp³-hybridized carbons (Fsp3) is 0.636. The molecular formula is C11H20N4O3S2. The van der Waals surface area contributed by atoms with E-state index < -0.39 is 10.0 Å². The first kappa shape index (κ1) is 17.0. The summed E-state index contributed by atoms with van der Waals surface area (Å²) in [6.45, 7) is 2.65. The minimum atomic E-state index is -3.64. The summed E-state index contributed by atoms with van der Waals surface area (Å²) in [6.07, 6.45) is 2.29. The van der Waals surface area contributed by atoms with Crippen molar-refractivity contribution in [1.82, 2.24) is 14.3 Å². The summed E-state index contributed by atoms with van der Waals surface area (Å²) in [5, 5.41) is 0.0772. The molecule has 7 nitrogen and oxygen atoms in total. The number of sulfonamides is 1. The fourth-order valence-corrected chi connectivity index (χ4v) is 3.02. The second-order valence-electron chi connectivity index (χ2n) is 4.16. The first-order valence-corrected chi connectivity index (χ1v) is 8.08. The van der Waals surface area contributed by atoms with Crippen LogP contribution >= 0.6 is 12.2 Å². The second-order valence-corrected chi connectivity index (χ2v) is 6.59. The zero-order valence-corrected chi connectivity index (χ0v) is 13.3. The molecule has 0 aromatic carbocycles. The van der Waals surface area contributed by atoms with Crippen LogP contribution in [-0.4, -0.2) is 54.5 Å². The quantitative estimate of drug-likeness (QED) is 0.634. The number of nitrogens with two attached hydrogens (primary N) is 1. The summed E-state index contributed by atoms with van der Waals surface area (Å²) in [7, 11) is -2.12. The van der Waals surface area contributed by atoms with Crippen LogP contribution in [0.25, 0.3) is 0 Å². The number of nitrogens with zero attached hydrogens (tertiary/aromatic N) is 2. The fourth-order valence-electron chi connectivity index (χ4n) is 1.57.